The highest BCUT2D eigenvalue weighted by molar-refractivity contribution is 5.96. The fraction of sp³-hybridized carbons (Fsp3) is 0.235. The van der Waals surface area contributed by atoms with Crippen molar-refractivity contribution in [1.29, 1.82) is 0 Å². The first-order valence-electron chi connectivity index (χ1n) is 7.49. The predicted octanol–water partition coefficient (Wildman–Crippen LogP) is 1.12. The van der Waals surface area contributed by atoms with Crippen molar-refractivity contribution in [1.82, 2.24) is 10.2 Å². The van der Waals surface area contributed by atoms with Gasteiger partial charge in [0.15, 0.2) is 5.76 Å². The number of hydrogen-bond acceptors (Lipinski definition) is 5. The van der Waals surface area contributed by atoms with Crippen LogP contribution >= 0.6 is 0 Å². The number of hydrogen-bond donors (Lipinski definition) is 2. The van der Waals surface area contributed by atoms with Crippen molar-refractivity contribution in [3.63, 3.8) is 0 Å². The molecule has 0 fully saturated rings. The second kappa shape index (κ2) is 8.53. The lowest BCUT2D eigenvalue weighted by atomic mass is 10.3. The number of likely N-dealkylation sites (N-methyl/N-ethyl adjacent to an activating group) is 1. The first-order chi connectivity index (χ1) is 12.0. The van der Waals surface area contributed by atoms with Gasteiger partial charge in [0.05, 0.1) is 26.5 Å². The molecule has 2 N–H and O–H groups in total. The Balaban J connectivity index is 1.77. The van der Waals surface area contributed by atoms with Crippen LogP contribution < -0.4 is 15.4 Å². The van der Waals surface area contributed by atoms with Gasteiger partial charge in [-0.15, -0.1) is 0 Å². The number of furan rings is 1. The summed E-state index contributed by atoms with van der Waals surface area (Å²) in [5.74, 6) is -0.442. The lowest BCUT2D eigenvalue weighted by Crippen LogP contribution is -2.41. The van der Waals surface area contributed by atoms with Crippen LogP contribution in [0, 0.1) is 0 Å². The van der Waals surface area contributed by atoms with Gasteiger partial charge in [0, 0.05) is 12.7 Å². The van der Waals surface area contributed by atoms with Crippen LogP contribution in [0.1, 0.15) is 10.6 Å². The number of nitrogens with one attached hydrogen (secondary N) is 2. The molecule has 2 rings (SSSR count). The molecule has 1 aromatic heterocycles. The third-order valence-corrected chi connectivity index (χ3v) is 3.33. The number of benzene rings is 1. The van der Waals surface area contributed by atoms with Gasteiger partial charge < -0.3 is 24.7 Å². The van der Waals surface area contributed by atoms with Gasteiger partial charge in [-0.3, -0.25) is 14.4 Å². The molecular formula is C17H19N3O5. The highest BCUT2D eigenvalue weighted by Gasteiger charge is 2.15. The summed E-state index contributed by atoms with van der Waals surface area (Å²) in [5.41, 5.74) is 0.595. The summed E-state index contributed by atoms with van der Waals surface area (Å²) in [6.45, 7) is -0.368. The van der Waals surface area contributed by atoms with Crippen LogP contribution in [0.3, 0.4) is 0 Å². The first kappa shape index (κ1) is 18.1. The van der Waals surface area contributed by atoms with Crippen LogP contribution in [0.2, 0.25) is 0 Å². The molecule has 0 aliphatic carbocycles. The average molecular weight is 345 g/mol. The van der Waals surface area contributed by atoms with Gasteiger partial charge in [-0.2, -0.15) is 0 Å². The van der Waals surface area contributed by atoms with E-state index < -0.39 is 11.8 Å². The van der Waals surface area contributed by atoms with E-state index in [1.54, 1.807) is 37.4 Å². The highest BCUT2D eigenvalue weighted by Crippen LogP contribution is 2.14. The van der Waals surface area contributed by atoms with E-state index in [-0.39, 0.29) is 24.8 Å². The highest BCUT2D eigenvalue weighted by atomic mass is 16.5. The molecular weight excluding hydrogens is 326 g/mol. The molecule has 0 unspecified atom stereocenters. The Morgan fingerprint density at radius 2 is 1.88 bits per heavy atom. The summed E-state index contributed by atoms with van der Waals surface area (Å²) in [6, 6.07) is 9.89. The molecule has 0 atom stereocenters. The van der Waals surface area contributed by atoms with Crippen molar-refractivity contribution in [2.45, 2.75) is 0 Å². The SMILES string of the molecule is COc1ccc(NC(=O)CN(C)C(=O)CNC(=O)c2ccco2)cc1. The third-order valence-electron chi connectivity index (χ3n) is 3.33. The summed E-state index contributed by atoms with van der Waals surface area (Å²) in [5, 5.41) is 5.11. The number of nitrogens with zero attached hydrogens (tertiary/aromatic N) is 1. The van der Waals surface area contributed by atoms with Crippen molar-refractivity contribution in [2.24, 2.45) is 0 Å². The molecule has 1 aromatic carbocycles. The van der Waals surface area contributed by atoms with Gasteiger partial charge >= 0.3 is 0 Å². The molecule has 1 heterocycles. The second-order valence-corrected chi connectivity index (χ2v) is 5.19. The first-order valence-corrected chi connectivity index (χ1v) is 7.49. The van der Waals surface area contributed by atoms with Gasteiger partial charge in [-0.05, 0) is 36.4 Å². The van der Waals surface area contributed by atoms with Gasteiger partial charge in [0.25, 0.3) is 5.91 Å². The number of methoxy groups -OCH3 is 1. The standard InChI is InChI=1S/C17H19N3O5/c1-20(16(22)10-18-17(23)14-4-3-9-25-14)11-15(21)19-12-5-7-13(24-2)8-6-12/h3-9H,10-11H2,1-2H3,(H,18,23)(H,19,21). The van der Waals surface area contributed by atoms with E-state index in [1.807, 2.05) is 0 Å². The zero-order valence-electron chi connectivity index (χ0n) is 13.9. The van der Waals surface area contributed by atoms with Gasteiger partial charge in [0.2, 0.25) is 11.8 Å². The lowest BCUT2D eigenvalue weighted by molar-refractivity contribution is -0.132. The minimum absolute atomic E-state index is 0.118. The Labute approximate surface area is 144 Å². The molecule has 132 valence electrons. The van der Waals surface area contributed by atoms with Crippen molar-refractivity contribution in [2.75, 3.05) is 32.6 Å². The van der Waals surface area contributed by atoms with E-state index >= 15 is 0 Å². The Bertz CT molecular complexity index is 725. The second-order valence-electron chi connectivity index (χ2n) is 5.19. The molecule has 2 aromatic rings. The summed E-state index contributed by atoms with van der Waals surface area (Å²) in [7, 11) is 3.04. The molecule has 8 heteroatoms. The van der Waals surface area contributed by atoms with Crippen LogP contribution in [0.25, 0.3) is 0 Å². The maximum atomic E-state index is 12.0. The van der Waals surface area contributed by atoms with Gasteiger partial charge in [-0.1, -0.05) is 0 Å². The normalized spacial score (nSPS) is 10.0. The zero-order valence-corrected chi connectivity index (χ0v) is 13.9. The van der Waals surface area contributed by atoms with Crippen LogP contribution in [-0.2, 0) is 9.59 Å². The topological polar surface area (TPSA) is 101 Å². The number of rotatable bonds is 7. The molecule has 0 spiro atoms. The van der Waals surface area contributed by atoms with E-state index in [0.717, 1.165) is 0 Å². The van der Waals surface area contributed by atoms with E-state index in [4.69, 9.17) is 9.15 Å². The Morgan fingerprint density at radius 3 is 2.48 bits per heavy atom. The van der Waals surface area contributed by atoms with E-state index in [1.165, 1.54) is 24.3 Å². The van der Waals surface area contributed by atoms with Crippen LogP contribution in [0.15, 0.2) is 47.1 Å². The van der Waals surface area contributed by atoms with Gasteiger partial charge in [0.1, 0.15) is 5.75 Å². The number of carbonyl (C=O) groups excluding carboxylic acids is 3. The monoisotopic (exact) mass is 345 g/mol. The summed E-state index contributed by atoms with van der Waals surface area (Å²) in [6.07, 6.45) is 1.37. The number of amides is 3. The largest absolute Gasteiger partial charge is 0.497 e. The molecule has 0 bridgehead atoms. The predicted molar refractivity (Wildman–Crippen MR) is 90.3 cm³/mol. The lowest BCUT2D eigenvalue weighted by Gasteiger charge is -2.17. The van der Waals surface area contributed by atoms with E-state index in [0.29, 0.717) is 11.4 Å². The van der Waals surface area contributed by atoms with Crippen molar-refractivity contribution in [3.05, 3.63) is 48.4 Å². The summed E-state index contributed by atoms with van der Waals surface area (Å²) < 4.78 is 9.96. The summed E-state index contributed by atoms with van der Waals surface area (Å²) in [4.78, 5) is 36.8. The molecule has 0 aliphatic rings. The summed E-state index contributed by atoms with van der Waals surface area (Å²) >= 11 is 0. The van der Waals surface area contributed by atoms with Crippen molar-refractivity contribution >= 4 is 23.4 Å². The molecule has 8 nitrogen and oxygen atoms in total. The van der Waals surface area contributed by atoms with Crippen LogP contribution in [0.4, 0.5) is 5.69 Å². The maximum absolute atomic E-state index is 12.0. The minimum atomic E-state index is -0.491. The third kappa shape index (κ3) is 5.38. The Hall–Kier alpha value is -3.29. The molecule has 25 heavy (non-hydrogen) atoms. The smallest absolute Gasteiger partial charge is 0.287 e. The fourth-order valence-corrected chi connectivity index (χ4v) is 1.96. The Morgan fingerprint density at radius 1 is 1.16 bits per heavy atom. The van der Waals surface area contributed by atoms with Crippen molar-refractivity contribution < 1.29 is 23.5 Å². The quantitative estimate of drug-likeness (QED) is 0.783. The van der Waals surface area contributed by atoms with Gasteiger partial charge in [-0.25, -0.2) is 0 Å². The molecule has 0 aliphatic heterocycles. The van der Waals surface area contributed by atoms with E-state index in [2.05, 4.69) is 10.6 Å². The van der Waals surface area contributed by atoms with Crippen LogP contribution in [-0.4, -0.2) is 49.9 Å². The number of anilines is 1. The minimum Gasteiger partial charge on any atom is -0.497 e. The number of ether oxygens (including phenoxy) is 1. The molecule has 3 amide bonds. The zero-order chi connectivity index (χ0) is 18.2. The van der Waals surface area contributed by atoms with Crippen LogP contribution in [0.5, 0.6) is 5.75 Å². The molecule has 0 saturated heterocycles. The number of carbonyl (C=O) groups is 3. The molecule has 0 saturated carbocycles. The average Bonchev–Trinajstić information content (AvgIpc) is 3.14. The maximum Gasteiger partial charge on any atom is 0.287 e. The Kier molecular flexibility index (Phi) is 6.16. The van der Waals surface area contributed by atoms with E-state index in [9.17, 15) is 14.4 Å². The van der Waals surface area contributed by atoms with Crippen molar-refractivity contribution in [3.8, 4) is 5.75 Å². The fourth-order valence-electron chi connectivity index (χ4n) is 1.96. The molecule has 0 radical (unpaired) electrons.